The molecule has 1 aromatic rings. The molecule has 0 amide bonds. The van der Waals surface area contributed by atoms with Crippen LogP contribution < -0.4 is 0 Å². The zero-order valence-electron chi connectivity index (χ0n) is 9.17. The Labute approximate surface area is 93.3 Å². The van der Waals surface area contributed by atoms with Crippen LogP contribution in [0.5, 0.6) is 0 Å². The van der Waals surface area contributed by atoms with Gasteiger partial charge in [-0.3, -0.25) is 0 Å². The molecule has 0 bridgehead atoms. The molecule has 0 unspecified atom stereocenters. The Morgan fingerprint density at radius 3 is 2.57 bits per heavy atom. The fourth-order valence-corrected chi connectivity index (χ4v) is 3.49. The highest BCUT2D eigenvalue weighted by molar-refractivity contribution is 8.00. The molecule has 0 aliphatic rings. The number of thioether (sulfide) groups is 1. The van der Waals surface area contributed by atoms with Crippen LogP contribution in [0.25, 0.3) is 0 Å². The molecule has 1 rings (SSSR count). The summed E-state index contributed by atoms with van der Waals surface area (Å²) in [5.41, 5.74) is 3.51. The normalized spacial score (nSPS) is 11.9. The predicted molar refractivity (Wildman–Crippen MR) is 64.8 cm³/mol. The maximum absolute atomic E-state index is 4.81. The number of rotatable bonds is 3. The van der Waals surface area contributed by atoms with Gasteiger partial charge in [0.15, 0.2) is 0 Å². The van der Waals surface area contributed by atoms with Crippen molar-refractivity contribution in [2.24, 2.45) is 5.16 Å². The van der Waals surface area contributed by atoms with Crippen molar-refractivity contribution in [1.29, 1.82) is 0 Å². The van der Waals surface area contributed by atoms with E-state index in [1.807, 2.05) is 18.3 Å². The smallest absolute Gasteiger partial charge is 0.106 e. The molecule has 1 aromatic heterocycles. The van der Waals surface area contributed by atoms with E-state index in [0.29, 0.717) is 0 Å². The molecule has 1 heterocycles. The number of hydrogen-bond donors (Lipinski definition) is 0. The van der Waals surface area contributed by atoms with Gasteiger partial charge in [-0.1, -0.05) is 5.16 Å². The first-order valence-electron chi connectivity index (χ1n) is 4.34. The van der Waals surface area contributed by atoms with Crippen LogP contribution in [0.4, 0.5) is 0 Å². The van der Waals surface area contributed by atoms with Gasteiger partial charge < -0.3 is 4.84 Å². The quantitative estimate of drug-likeness (QED) is 0.450. The highest BCUT2D eigenvalue weighted by Crippen LogP contribution is 2.34. The van der Waals surface area contributed by atoms with Crippen molar-refractivity contribution >= 4 is 28.8 Å². The van der Waals surface area contributed by atoms with Crippen molar-refractivity contribution in [1.82, 2.24) is 0 Å². The highest BCUT2D eigenvalue weighted by atomic mass is 32.2. The minimum absolute atomic E-state index is 0.957. The SMILES string of the molecule is CO/N=C(\C)c1c(SC)sc(C)c1C. The van der Waals surface area contributed by atoms with E-state index in [0.717, 1.165) is 5.71 Å². The molecule has 0 N–H and O–H groups in total. The maximum Gasteiger partial charge on any atom is 0.106 e. The molecule has 14 heavy (non-hydrogen) atoms. The first-order chi connectivity index (χ1) is 6.61. The van der Waals surface area contributed by atoms with Crippen molar-refractivity contribution in [3.8, 4) is 0 Å². The molecule has 0 radical (unpaired) electrons. The first kappa shape index (κ1) is 11.6. The monoisotopic (exact) mass is 229 g/mol. The van der Waals surface area contributed by atoms with Gasteiger partial charge in [-0.25, -0.2) is 0 Å². The Hall–Kier alpha value is -0.480. The second-order valence-corrected chi connectivity index (χ2v) is 5.31. The van der Waals surface area contributed by atoms with Gasteiger partial charge >= 0.3 is 0 Å². The number of thiophene rings is 1. The van der Waals surface area contributed by atoms with Crippen molar-refractivity contribution in [3.05, 3.63) is 16.0 Å². The van der Waals surface area contributed by atoms with Gasteiger partial charge in [0.2, 0.25) is 0 Å². The van der Waals surface area contributed by atoms with Gasteiger partial charge in [-0.2, -0.15) is 0 Å². The summed E-state index contributed by atoms with van der Waals surface area (Å²) >= 11 is 3.59. The minimum atomic E-state index is 0.957. The zero-order chi connectivity index (χ0) is 10.7. The fraction of sp³-hybridized carbons (Fsp3) is 0.500. The zero-order valence-corrected chi connectivity index (χ0v) is 10.8. The van der Waals surface area contributed by atoms with E-state index in [9.17, 15) is 0 Å². The fourth-order valence-electron chi connectivity index (χ4n) is 1.34. The van der Waals surface area contributed by atoms with Crippen molar-refractivity contribution < 1.29 is 4.84 Å². The van der Waals surface area contributed by atoms with Crippen LogP contribution in [0.1, 0.15) is 22.9 Å². The average Bonchev–Trinajstić information content (AvgIpc) is 2.43. The Balaban J connectivity index is 3.24. The Morgan fingerprint density at radius 1 is 1.43 bits per heavy atom. The van der Waals surface area contributed by atoms with Gasteiger partial charge in [0.1, 0.15) is 7.11 Å². The summed E-state index contributed by atoms with van der Waals surface area (Å²) in [6.07, 6.45) is 2.09. The van der Waals surface area contributed by atoms with E-state index in [1.54, 1.807) is 18.9 Å². The molecule has 0 fully saturated rings. The van der Waals surface area contributed by atoms with Crippen LogP contribution in [0.15, 0.2) is 9.36 Å². The molecule has 0 aliphatic carbocycles. The summed E-state index contributed by atoms with van der Waals surface area (Å²) in [7, 11) is 1.58. The van der Waals surface area contributed by atoms with E-state index in [1.165, 1.54) is 20.2 Å². The molecule has 0 atom stereocenters. The Kier molecular flexibility index (Phi) is 4.01. The minimum Gasteiger partial charge on any atom is -0.399 e. The number of oxime groups is 1. The first-order valence-corrected chi connectivity index (χ1v) is 6.38. The molecule has 0 saturated heterocycles. The van der Waals surface area contributed by atoms with Crippen molar-refractivity contribution in [2.75, 3.05) is 13.4 Å². The van der Waals surface area contributed by atoms with Crippen LogP contribution in [-0.2, 0) is 4.84 Å². The Morgan fingerprint density at radius 2 is 2.07 bits per heavy atom. The van der Waals surface area contributed by atoms with E-state index in [2.05, 4.69) is 25.3 Å². The average molecular weight is 229 g/mol. The molecule has 0 spiro atoms. The molecule has 4 heteroatoms. The lowest BCUT2D eigenvalue weighted by Gasteiger charge is -2.01. The second-order valence-electron chi connectivity index (χ2n) is 3.01. The summed E-state index contributed by atoms with van der Waals surface area (Å²) in [5, 5.41) is 3.99. The lowest BCUT2D eigenvalue weighted by Crippen LogP contribution is -1.97. The molecule has 78 valence electrons. The molecule has 0 aliphatic heterocycles. The van der Waals surface area contributed by atoms with Gasteiger partial charge in [-0.15, -0.1) is 23.1 Å². The molecule has 2 nitrogen and oxygen atoms in total. The molecule has 0 aromatic carbocycles. The molecule has 0 saturated carbocycles. The summed E-state index contributed by atoms with van der Waals surface area (Å²) in [6, 6.07) is 0. The van der Waals surface area contributed by atoms with E-state index < -0.39 is 0 Å². The van der Waals surface area contributed by atoms with Gasteiger partial charge in [0.05, 0.1) is 9.92 Å². The van der Waals surface area contributed by atoms with Gasteiger partial charge in [0, 0.05) is 10.4 Å². The topological polar surface area (TPSA) is 21.6 Å². The third-order valence-electron chi connectivity index (χ3n) is 2.13. The van der Waals surface area contributed by atoms with Crippen LogP contribution in [0, 0.1) is 13.8 Å². The van der Waals surface area contributed by atoms with Crippen LogP contribution in [-0.4, -0.2) is 19.1 Å². The van der Waals surface area contributed by atoms with Crippen molar-refractivity contribution in [3.63, 3.8) is 0 Å². The lowest BCUT2D eigenvalue weighted by atomic mass is 10.1. The Bertz CT molecular complexity index is 355. The van der Waals surface area contributed by atoms with E-state index in [-0.39, 0.29) is 0 Å². The largest absolute Gasteiger partial charge is 0.399 e. The number of nitrogens with zero attached hydrogens (tertiary/aromatic N) is 1. The maximum atomic E-state index is 4.81. The summed E-state index contributed by atoms with van der Waals surface area (Å²) in [4.78, 5) is 6.16. The number of aryl methyl sites for hydroxylation is 1. The van der Waals surface area contributed by atoms with Crippen molar-refractivity contribution in [2.45, 2.75) is 25.0 Å². The van der Waals surface area contributed by atoms with Crippen LogP contribution >= 0.6 is 23.1 Å². The van der Waals surface area contributed by atoms with Crippen LogP contribution in [0.2, 0.25) is 0 Å². The van der Waals surface area contributed by atoms with E-state index in [4.69, 9.17) is 4.84 Å². The molecular formula is C10H15NOS2. The highest BCUT2D eigenvalue weighted by Gasteiger charge is 2.14. The summed E-state index contributed by atoms with van der Waals surface area (Å²) in [5.74, 6) is 0. The summed E-state index contributed by atoms with van der Waals surface area (Å²) in [6.45, 7) is 6.26. The van der Waals surface area contributed by atoms with Crippen LogP contribution in [0.3, 0.4) is 0 Å². The third-order valence-corrected chi connectivity index (χ3v) is 4.46. The predicted octanol–water partition coefficient (Wildman–Crippen LogP) is 3.46. The van der Waals surface area contributed by atoms with Gasteiger partial charge in [-0.05, 0) is 32.6 Å². The molecular weight excluding hydrogens is 214 g/mol. The number of hydrogen-bond acceptors (Lipinski definition) is 4. The third kappa shape index (κ3) is 2.12. The summed E-state index contributed by atoms with van der Waals surface area (Å²) < 4.78 is 1.32. The van der Waals surface area contributed by atoms with Gasteiger partial charge in [0.25, 0.3) is 0 Å². The standard InChI is InChI=1S/C10H15NOS2/c1-6-8(3)14-10(13-5)9(6)7(2)11-12-4/h1-5H3/b11-7+. The van der Waals surface area contributed by atoms with E-state index >= 15 is 0 Å². The second kappa shape index (κ2) is 4.84. The lowest BCUT2D eigenvalue weighted by molar-refractivity contribution is 0.213.